The Bertz CT molecular complexity index is 1870. The van der Waals surface area contributed by atoms with Crippen LogP contribution < -0.4 is 10.5 Å². The van der Waals surface area contributed by atoms with E-state index in [1.165, 1.54) is 51.4 Å². The lowest BCUT2D eigenvalue weighted by Crippen LogP contribution is -2.49. The van der Waals surface area contributed by atoms with Crippen LogP contribution in [0.15, 0.2) is 96.3 Å². The Morgan fingerprint density at radius 2 is 1.42 bits per heavy atom. The Kier molecular flexibility index (Phi) is 10.9. The van der Waals surface area contributed by atoms with Crippen molar-refractivity contribution in [2.45, 2.75) is 48.7 Å². The first-order valence-corrected chi connectivity index (χ1v) is 18.4. The van der Waals surface area contributed by atoms with E-state index in [0.29, 0.717) is 11.9 Å². The second-order valence-electron chi connectivity index (χ2n) is 12.3. The number of aromatic nitrogens is 4. The van der Waals surface area contributed by atoms with Crippen molar-refractivity contribution >= 4 is 50.1 Å². The molecule has 2 aliphatic rings. The standard InChI is InChI=1S/C19H15Cl2NO2S.C16H25N7/c20-16-12-7-13-17(18(16)21)25(23,24)22-19(14-8-3-1-4-9-14)15-10-5-2-6-11-15;1-21-6-8-22(9-7-21)12-2-4-13(5-3-12)23-16-14(10-20-23)15(17)18-11-19-16/h1-13,19,22H;10-13H,2-9H2,1H3,(H2,17,18,19). The van der Waals surface area contributed by atoms with Crippen molar-refractivity contribution in [3.63, 3.8) is 0 Å². The number of nitrogen functional groups attached to an aromatic ring is 1. The highest BCUT2D eigenvalue weighted by molar-refractivity contribution is 7.89. The van der Waals surface area contributed by atoms with Gasteiger partial charge in [-0.1, -0.05) is 89.9 Å². The predicted molar refractivity (Wildman–Crippen MR) is 192 cm³/mol. The van der Waals surface area contributed by atoms with E-state index in [1.807, 2.05) is 60.7 Å². The normalized spacial score (nSPS) is 19.2. The van der Waals surface area contributed by atoms with Crippen molar-refractivity contribution in [3.8, 4) is 0 Å². The molecule has 2 fully saturated rings. The van der Waals surface area contributed by atoms with E-state index in [0.717, 1.165) is 41.0 Å². The maximum atomic E-state index is 12.9. The summed E-state index contributed by atoms with van der Waals surface area (Å²) in [4.78, 5) is 13.5. The number of fused-ring (bicyclic) bond motifs is 1. The highest BCUT2D eigenvalue weighted by Crippen LogP contribution is 2.34. The van der Waals surface area contributed by atoms with Crippen LogP contribution in [-0.4, -0.2) is 77.2 Å². The Labute approximate surface area is 291 Å². The smallest absolute Gasteiger partial charge is 0.242 e. The number of hydrogen-bond donors (Lipinski definition) is 2. The molecule has 0 radical (unpaired) electrons. The number of piperazine rings is 1. The minimum atomic E-state index is -3.88. The number of hydrogen-bond acceptors (Lipinski definition) is 8. The summed E-state index contributed by atoms with van der Waals surface area (Å²) >= 11 is 12.1. The van der Waals surface area contributed by atoms with E-state index in [-0.39, 0.29) is 14.9 Å². The molecule has 3 aromatic carbocycles. The van der Waals surface area contributed by atoms with Gasteiger partial charge in [0.05, 0.1) is 33.7 Å². The lowest BCUT2D eigenvalue weighted by Gasteiger charge is -2.41. The van der Waals surface area contributed by atoms with E-state index in [1.54, 1.807) is 18.3 Å². The van der Waals surface area contributed by atoms with Crippen LogP contribution in [0.25, 0.3) is 11.0 Å². The van der Waals surface area contributed by atoms with Crippen molar-refractivity contribution in [2.24, 2.45) is 0 Å². The summed E-state index contributed by atoms with van der Waals surface area (Å²) in [7, 11) is -1.66. The van der Waals surface area contributed by atoms with Crippen molar-refractivity contribution in [1.82, 2.24) is 34.3 Å². The van der Waals surface area contributed by atoms with Gasteiger partial charge < -0.3 is 10.6 Å². The van der Waals surface area contributed by atoms with Crippen LogP contribution in [0.2, 0.25) is 10.0 Å². The summed E-state index contributed by atoms with van der Waals surface area (Å²) in [6, 6.07) is 23.9. The molecule has 3 heterocycles. The van der Waals surface area contributed by atoms with Crippen LogP contribution in [-0.2, 0) is 10.0 Å². The molecule has 0 atom stereocenters. The predicted octanol–water partition coefficient (Wildman–Crippen LogP) is 6.20. The molecule has 2 aromatic heterocycles. The third kappa shape index (κ3) is 7.83. The lowest BCUT2D eigenvalue weighted by molar-refractivity contribution is 0.0815. The van der Waals surface area contributed by atoms with Crippen LogP contribution in [0.5, 0.6) is 0 Å². The zero-order valence-electron chi connectivity index (χ0n) is 26.8. The van der Waals surface area contributed by atoms with Gasteiger partial charge in [-0.2, -0.15) is 9.82 Å². The fraction of sp³-hybridized carbons (Fsp3) is 0.343. The fourth-order valence-corrected chi connectivity index (χ4v) is 8.51. The number of anilines is 1. The second kappa shape index (κ2) is 15.3. The largest absolute Gasteiger partial charge is 0.383 e. The van der Waals surface area contributed by atoms with Gasteiger partial charge in [-0.25, -0.2) is 23.1 Å². The van der Waals surface area contributed by atoms with Gasteiger partial charge in [0, 0.05) is 32.2 Å². The topological polar surface area (TPSA) is 122 Å². The summed E-state index contributed by atoms with van der Waals surface area (Å²) < 4.78 is 30.6. The molecule has 3 N–H and O–H groups in total. The van der Waals surface area contributed by atoms with E-state index in [9.17, 15) is 8.42 Å². The van der Waals surface area contributed by atoms with Crippen LogP contribution >= 0.6 is 23.2 Å². The molecule has 0 unspecified atom stereocenters. The molecular weight excluding hydrogens is 667 g/mol. The summed E-state index contributed by atoms with van der Waals surface area (Å²) in [5.41, 5.74) is 8.45. The number of nitrogens with one attached hydrogen (secondary N) is 1. The molecule has 5 aromatic rings. The van der Waals surface area contributed by atoms with Crippen LogP contribution in [0.3, 0.4) is 0 Å². The Morgan fingerprint density at radius 1 is 0.812 bits per heavy atom. The third-order valence-corrected chi connectivity index (χ3v) is 11.6. The summed E-state index contributed by atoms with van der Waals surface area (Å²) in [6.45, 7) is 4.81. The molecule has 13 heteroatoms. The molecule has 48 heavy (non-hydrogen) atoms. The summed E-state index contributed by atoms with van der Waals surface area (Å²) in [5.74, 6) is 0.521. The zero-order valence-corrected chi connectivity index (χ0v) is 29.1. The first kappa shape index (κ1) is 34.3. The van der Waals surface area contributed by atoms with Crippen LogP contribution in [0.4, 0.5) is 5.82 Å². The molecule has 1 saturated heterocycles. The first-order valence-electron chi connectivity index (χ1n) is 16.1. The van der Waals surface area contributed by atoms with E-state index >= 15 is 0 Å². The van der Waals surface area contributed by atoms with Gasteiger partial charge in [-0.15, -0.1) is 0 Å². The SMILES string of the molecule is CN1CCN(C2CCC(n3ncc4c(N)ncnc43)CC2)CC1.O=S(=O)(NC(c1ccccc1)c1ccccc1)c1cccc(Cl)c1Cl. The van der Waals surface area contributed by atoms with Crippen molar-refractivity contribution in [3.05, 3.63) is 113 Å². The van der Waals surface area contributed by atoms with E-state index < -0.39 is 16.1 Å². The Hall–Kier alpha value is -3.58. The molecule has 10 nitrogen and oxygen atoms in total. The summed E-state index contributed by atoms with van der Waals surface area (Å²) in [6.07, 6.45) is 8.16. The number of likely N-dealkylation sites (N-methyl/N-ethyl adjacent to an activating group) is 1. The lowest BCUT2D eigenvalue weighted by atomic mass is 9.90. The second-order valence-corrected chi connectivity index (χ2v) is 14.8. The molecule has 0 bridgehead atoms. The number of benzene rings is 3. The van der Waals surface area contributed by atoms with Crippen LogP contribution in [0.1, 0.15) is 48.9 Å². The maximum absolute atomic E-state index is 12.9. The Morgan fingerprint density at radius 3 is 2.04 bits per heavy atom. The average Bonchev–Trinajstić information content (AvgIpc) is 3.55. The van der Waals surface area contributed by atoms with Gasteiger partial charge in [0.1, 0.15) is 17.0 Å². The maximum Gasteiger partial charge on any atom is 0.242 e. The fourth-order valence-electron chi connectivity index (χ4n) is 6.53. The van der Waals surface area contributed by atoms with Crippen LogP contribution in [0, 0.1) is 0 Å². The highest BCUT2D eigenvalue weighted by atomic mass is 35.5. The molecular formula is C35H40Cl2N8O2S. The summed E-state index contributed by atoms with van der Waals surface area (Å²) in [5, 5.41) is 5.62. The van der Waals surface area contributed by atoms with Gasteiger partial charge in [0.25, 0.3) is 0 Å². The van der Waals surface area contributed by atoms with Gasteiger partial charge in [-0.05, 0) is 56.0 Å². The van der Waals surface area contributed by atoms with Gasteiger partial charge >= 0.3 is 0 Å². The van der Waals surface area contributed by atoms with E-state index in [4.69, 9.17) is 28.9 Å². The van der Waals surface area contributed by atoms with Gasteiger partial charge in [-0.3, -0.25) is 4.90 Å². The number of nitrogens with two attached hydrogens (primary N) is 1. The molecule has 1 aliphatic heterocycles. The van der Waals surface area contributed by atoms with E-state index in [2.05, 4.69) is 41.3 Å². The molecule has 0 spiro atoms. The van der Waals surface area contributed by atoms with Crippen molar-refractivity contribution in [2.75, 3.05) is 39.0 Å². The molecule has 1 aliphatic carbocycles. The van der Waals surface area contributed by atoms with Crippen molar-refractivity contribution in [1.29, 1.82) is 0 Å². The van der Waals surface area contributed by atoms with Crippen molar-refractivity contribution < 1.29 is 8.42 Å². The zero-order chi connectivity index (χ0) is 33.7. The van der Waals surface area contributed by atoms with Gasteiger partial charge in [0.2, 0.25) is 10.0 Å². The number of rotatable bonds is 7. The minimum absolute atomic E-state index is 0.0107. The molecule has 252 valence electrons. The van der Waals surface area contributed by atoms with Gasteiger partial charge in [0.15, 0.2) is 5.65 Å². The third-order valence-electron chi connectivity index (χ3n) is 9.23. The average molecular weight is 708 g/mol. The molecule has 0 amide bonds. The molecule has 1 saturated carbocycles. The number of halogens is 2. The quantitative estimate of drug-likeness (QED) is 0.205. The monoisotopic (exact) mass is 706 g/mol. The first-order chi connectivity index (χ1) is 23.2. The number of nitrogens with zero attached hydrogens (tertiary/aromatic N) is 6. The number of sulfonamides is 1. The highest BCUT2D eigenvalue weighted by Gasteiger charge is 2.30. The minimum Gasteiger partial charge on any atom is -0.383 e. The molecule has 7 rings (SSSR count). The Balaban J connectivity index is 0.000000168.